The summed E-state index contributed by atoms with van der Waals surface area (Å²) in [5.41, 5.74) is 4.06. The van der Waals surface area contributed by atoms with Gasteiger partial charge in [0.15, 0.2) is 0 Å². The third-order valence-corrected chi connectivity index (χ3v) is 6.79. The molecule has 10 heteroatoms. The third kappa shape index (κ3) is 6.32. The number of fused-ring (bicyclic) bond motifs is 1. The number of amides is 2. The van der Waals surface area contributed by atoms with Crippen LogP contribution in [0.1, 0.15) is 46.6 Å². The first-order valence-corrected chi connectivity index (χ1v) is 12.4. The Morgan fingerprint density at radius 3 is 2.85 bits per heavy atom. The number of carbonyl (C=O) groups is 3. The molecule has 1 aromatic heterocycles. The van der Waals surface area contributed by atoms with E-state index in [-0.39, 0.29) is 6.61 Å². The lowest BCUT2D eigenvalue weighted by atomic mass is 9.88. The SMILES string of the molecule is C=CCOc1ccc(Br)cc1/C=N\NC(=O)C(=O)Nc1sc2c(c1C(=O)OCC)CC[C@H](C)C2. The van der Waals surface area contributed by atoms with Crippen LogP contribution in [0, 0.1) is 5.92 Å². The Kier molecular flexibility index (Phi) is 9.00. The van der Waals surface area contributed by atoms with Gasteiger partial charge in [0.25, 0.3) is 0 Å². The topological polar surface area (TPSA) is 106 Å². The molecule has 0 bridgehead atoms. The highest BCUT2D eigenvalue weighted by molar-refractivity contribution is 9.10. The monoisotopic (exact) mass is 547 g/mol. The highest BCUT2D eigenvalue weighted by Crippen LogP contribution is 2.40. The van der Waals surface area contributed by atoms with Gasteiger partial charge in [-0.2, -0.15) is 5.10 Å². The van der Waals surface area contributed by atoms with Gasteiger partial charge < -0.3 is 14.8 Å². The summed E-state index contributed by atoms with van der Waals surface area (Å²) >= 11 is 4.69. The van der Waals surface area contributed by atoms with Crippen molar-refractivity contribution in [3.63, 3.8) is 0 Å². The number of halogens is 1. The Labute approximate surface area is 210 Å². The predicted molar refractivity (Wildman–Crippen MR) is 136 cm³/mol. The molecule has 0 saturated heterocycles. The second-order valence-corrected chi connectivity index (χ2v) is 9.73. The lowest BCUT2D eigenvalue weighted by Gasteiger charge is -2.18. The summed E-state index contributed by atoms with van der Waals surface area (Å²) in [5.74, 6) is -1.35. The highest BCUT2D eigenvalue weighted by atomic mass is 79.9. The molecule has 0 radical (unpaired) electrons. The fraction of sp³-hybridized carbons (Fsp3) is 0.333. The van der Waals surface area contributed by atoms with E-state index in [1.54, 1.807) is 25.1 Å². The summed E-state index contributed by atoms with van der Waals surface area (Å²) in [5, 5.41) is 6.77. The van der Waals surface area contributed by atoms with E-state index < -0.39 is 17.8 Å². The van der Waals surface area contributed by atoms with Crippen LogP contribution in [0.3, 0.4) is 0 Å². The molecular formula is C24H26BrN3O5S. The zero-order valence-electron chi connectivity index (χ0n) is 19.0. The number of rotatable bonds is 8. The number of thiophene rings is 1. The number of nitrogens with one attached hydrogen (secondary N) is 2. The number of anilines is 1. The maximum atomic E-state index is 12.6. The van der Waals surface area contributed by atoms with Crippen molar-refractivity contribution in [1.82, 2.24) is 5.43 Å². The summed E-state index contributed by atoms with van der Waals surface area (Å²) in [4.78, 5) is 38.5. The minimum absolute atomic E-state index is 0.219. The molecule has 0 fully saturated rings. The summed E-state index contributed by atoms with van der Waals surface area (Å²) in [6.45, 7) is 8.02. The van der Waals surface area contributed by atoms with Crippen molar-refractivity contribution in [2.45, 2.75) is 33.1 Å². The lowest BCUT2D eigenvalue weighted by Crippen LogP contribution is -2.32. The van der Waals surface area contributed by atoms with Crippen LogP contribution < -0.4 is 15.5 Å². The molecule has 1 aromatic carbocycles. The number of hydrogen-bond donors (Lipinski definition) is 2. The Hall–Kier alpha value is -2.98. The van der Waals surface area contributed by atoms with Crippen molar-refractivity contribution in [2.24, 2.45) is 11.0 Å². The summed E-state index contributed by atoms with van der Waals surface area (Å²) in [6.07, 6.45) is 5.50. The molecule has 2 amide bonds. The molecule has 1 atom stereocenters. The fourth-order valence-corrected chi connectivity index (χ4v) is 5.30. The quantitative estimate of drug-likeness (QED) is 0.167. The molecule has 2 N–H and O–H groups in total. The molecule has 0 aliphatic heterocycles. The fourth-order valence-electron chi connectivity index (χ4n) is 3.53. The smallest absolute Gasteiger partial charge is 0.341 e. The average molecular weight is 548 g/mol. The molecule has 8 nitrogen and oxygen atoms in total. The third-order valence-electron chi connectivity index (χ3n) is 5.12. The van der Waals surface area contributed by atoms with E-state index in [4.69, 9.17) is 9.47 Å². The van der Waals surface area contributed by atoms with Gasteiger partial charge in [-0.1, -0.05) is 35.5 Å². The van der Waals surface area contributed by atoms with E-state index in [9.17, 15) is 14.4 Å². The standard InChI is InChI=1S/C24H26BrN3O5S/c1-4-10-33-18-9-7-16(25)12-15(18)13-26-28-22(30)21(29)27-23-20(24(31)32-5-2)17-8-6-14(3)11-19(17)34-23/h4,7,9,12-14H,1,5-6,8,10-11H2,2-3H3,(H,27,29)(H,28,30)/b26-13-/t14-/m0/s1. The van der Waals surface area contributed by atoms with E-state index >= 15 is 0 Å². The minimum atomic E-state index is -0.964. The van der Waals surface area contributed by atoms with Crippen molar-refractivity contribution in [3.05, 3.63) is 56.9 Å². The van der Waals surface area contributed by atoms with E-state index in [0.717, 1.165) is 34.2 Å². The normalized spacial score (nSPS) is 14.9. The van der Waals surface area contributed by atoms with Crippen molar-refractivity contribution in [3.8, 4) is 5.75 Å². The van der Waals surface area contributed by atoms with E-state index in [2.05, 4.69) is 45.3 Å². The van der Waals surface area contributed by atoms with Gasteiger partial charge in [-0.15, -0.1) is 11.3 Å². The first-order valence-electron chi connectivity index (χ1n) is 10.8. The maximum absolute atomic E-state index is 12.6. The summed E-state index contributed by atoms with van der Waals surface area (Å²) < 4.78 is 11.6. The largest absolute Gasteiger partial charge is 0.489 e. The summed E-state index contributed by atoms with van der Waals surface area (Å²) in [7, 11) is 0. The Balaban J connectivity index is 1.72. The van der Waals surface area contributed by atoms with Crippen LogP contribution in [-0.4, -0.2) is 37.2 Å². The van der Waals surface area contributed by atoms with Gasteiger partial charge in [0.05, 0.1) is 18.4 Å². The van der Waals surface area contributed by atoms with Crippen LogP contribution in [0.5, 0.6) is 5.75 Å². The predicted octanol–water partition coefficient (Wildman–Crippen LogP) is 4.47. The Bertz CT molecular complexity index is 1130. The highest BCUT2D eigenvalue weighted by Gasteiger charge is 2.30. The summed E-state index contributed by atoms with van der Waals surface area (Å²) in [6, 6.07) is 5.32. The maximum Gasteiger partial charge on any atom is 0.341 e. The van der Waals surface area contributed by atoms with Gasteiger partial charge in [-0.3, -0.25) is 9.59 Å². The first kappa shape index (κ1) is 25.6. The molecule has 0 saturated carbocycles. The number of benzene rings is 1. The van der Waals surface area contributed by atoms with Gasteiger partial charge >= 0.3 is 17.8 Å². The van der Waals surface area contributed by atoms with Crippen LogP contribution in [0.2, 0.25) is 0 Å². The molecule has 1 aliphatic rings. The second-order valence-electron chi connectivity index (χ2n) is 7.71. The average Bonchev–Trinajstić information content (AvgIpc) is 3.15. The Morgan fingerprint density at radius 1 is 1.32 bits per heavy atom. The number of carbonyl (C=O) groups excluding carboxylic acids is 3. The van der Waals surface area contributed by atoms with Gasteiger partial charge in [-0.25, -0.2) is 10.2 Å². The number of esters is 1. The van der Waals surface area contributed by atoms with E-state index in [1.807, 2.05) is 6.07 Å². The van der Waals surface area contributed by atoms with Crippen molar-refractivity contribution in [2.75, 3.05) is 18.5 Å². The zero-order chi connectivity index (χ0) is 24.7. The molecule has 0 spiro atoms. The molecule has 1 heterocycles. The minimum Gasteiger partial charge on any atom is -0.489 e. The van der Waals surface area contributed by atoms with E-state index in [0.29, 0.717) is 34.4 Å². The number of hydrogen-bond acceptors (Lipinski definition) is 7. The van der Waals surface area contributed by atoms with Crippen LogP contribution in [0.25, 0.3) is 0 Å². The second kappa shape index (κ2) is 11.9. The first-order chi connectivity index (χ1) is 16.3. The molecule has 2 aromatic rings. The van der Waals surface area contributed by atoms with Crippen LogP contribution in [0.15, 0.2) is 40.4 Å². The van der Waals surface area contributed by atoms with Crippen LogP contribution in [-0.2, 0) is 27.2 Å². The molecule has 0 unspecified atom stereocenters. The zero-order valence-corrected chi connectivity index (χ0v) is 21.4. The Morgan fingerprint density at radius 2 is 2.12 bits per heavy atom. The van der Waals surface area contributed by atoms with Crippen molar-refractivity contribution in [1.29, 1.82) is 0 Å². The van der Waals surface area contributed by atoms with Crippen molar-refractivity contribution >= 4 is 56.3 Å². The van der Waals surface area contributed by atoms with Crippen molar-refractivity contribution < 1.29 is 23.9 Å². The molecular weight excluding hydrogens is 522 g/mol. The lowest BCUT2D eigenvalue weighted by molar-refractivity contribution is -0.136. The molecule has 3 rings (SSSR count). The molecule has 180 valence electrons. The van der Waals surface area contributed by atoms with Gasteiger partial charge in [0.2, 0.25) is 0 Å². The number of ether oxygens (including phenoxy) is 2. The number of nitrogens with zero attached hydrogens (tertiary/aromatic N) is 1. The van der Waals surface area contributed by atoms with E-state index in [1.165, 1.54) is 17.6 Å². The number of hydrazone groups is 1. The molecule has 34 heavy (non-hydrogen) atoms. The molecule has 1 aliphatic carbocycles. The van der Waals surface area contributed by atoms with Gasteiger partial charge in [-0.05, 0) is 55.9 Å². The van der Waals surface area contributed by atoms with Crippen LogP contribution >= 0.6 is 27.3 Å². The van der Waals surface area contributed by atoms with Gasteiger partial charge in [0, 0.05) is 14.9 Å². The van der Waals surface area contributed by atoms with Gasteiger partial charge in [0.1, 0.15) is 17.4 Å². The van der Waals surface area contributed by atoms with Crippen LogP contribution in [0.4, 0.5) is 5.00 Å².